The van der Waals surface area contributed by atoms with Gasteiger partial charge in [-0.15, -0.1) is 0 Å². The maximum atomic E-state index is 12.9. The van der Waals surface area contributed by atoms with Crippen LogP contribution in [0.3, 0.4) is 0 Å². The van der Waals surface area contributed by atoms with Crippen LogP contribution >= 0.6 is 0 Å². The second-order valence-electron chi connectivity index (χ2n) is 11.2. The first kappa shape index (κ1) is 27.1. The Balaban J connectivity index is 1.35. The van der Waals surface area contributed by atoms with E-state index in [4.69, 9.17) is 4.98 Å². The Morgan fingerprint density at radius 1 is 1.03 bits per heavy atom. The molecule has 0 radical (unpaired) electrons. The minimum Gasteiger partial charge on any atom is -0.356 e. The third-order valence-electron chi connectivity index (χ3n) is 8.52. The third kappa shape index (κ3) is 7.31. The molecule has 4 heterocycles. The van der Waals surface area contributed by atoms with Crippen LogP contribution in [-0.4, -0.2) is 89.6 Å². The molecule has 3 fully saturated rings. The number of hydrogen-bond acceptors (Lipinski definition) is 7. The van der Waals surface area contributed by atoms with Gasteiger partial charge < -0.3 is 20.4 Å². The van der Waals surface area contributed by atoms with Gasteiger partial charge in [0, 0.05) is 49.9 Å². The smallest absolute Gasteiger partial charge is 0.224 e. The second kappa shape index (κ2) is 13.6. The maximum absolute atomic E-state index is 12.9. The molecular formula is C28H49N7O. The molecule has 8 nitrogen and oxygen atoms in total. The monoisotopic (exact) mass is 499 g/mol. The third-order valence-corrected chi connectivity index (χ3v) is 8.52. The van der Waals surface area contributed by atoms with E-state index in [2.05, 4.69) is 57.2 Å². The Labute approximate surface area is 218 Å². The van der Waals surface area contributed by atoms with Crippen molar-refractivity contribution in [1.82, 2.24) is 25.1 Å². The van der Waals surface area contributed by atoms with Crippen molar-refractivity contribution < 1.29 is 4.79 Å². The number of hydrogen-bond donors (Lipinski definition) is 2. The van der Waals surface area contributed by atoms with Crippen LogP contribution in [0.5, 0.6) is 0 Å². The van der Waals surface area contributed by atoms with Gasteiger partial charge in [0.1, 0.15) is 5.82 Å². The van der Waals surface area contributed by atoms with Crippen molar-refractivity contribution in [3.8, 4) is 0 Å². The summed E-state index contributed by atoms with van der Waals surface area (Å²) in [5, 5.41) is 7.00. The molecule has 4 rings (SSSR count). The Kier molecular flexibility index (Phi) is 10.2. The molecule has 1 amide bonds. The van der Waals surface area contributed by atoms with E-state index < -0.39 is 0 Å². The lowest BCUT2D eigenvalue weighted by atomic mass is 9.92. The van der Waals surface area contributed by atoms with Gasteiger partial charge in [-0.25, -0.2) is 4.98 Å². The molecule has 0 spiro atoms. The van der Waals surface area contributed by atoms with Gasteiger partial charge in [0.15, 0.2) is 0 Å². The predicted octanol–water partition coefficient (Wildman–Crippen LogP) is 3.75. The van der Waals surface area contributed by atoms with E-state index in [1.807, 2.05) is 6.20 Å². The van der Waals surface area contributed by atoms with Gasteiger partial charge >= 0.3 is 0 Å². The van der Waals surface area contributed by atoms with Crippen molar-refractivity contribution >= 4 is 17.7 Å². The molecule has 8 heteroatoms. The van der Waals surface area contributed by atoms with E-state index in [1.54, 1.807) is 0 Å². The van der Waals surface area contributed by atoms with E-state index >= 15 is 0 Å². The van der Waals surface area contributed by atoms with E-state index in [0.29, 0.717) is 12.1 Å². The maximum Gasteiger partial charge on any atom is 0.224 e. The fourth-order valence-corrected chi connectivity index (χ4v) is 6.32. The molecule has 3 saturated heterocycles. The van der Waals surface area contributed by atoms with Crippen LogP contribution in [0.25, 0.3) is 0 Å². The molecule has 1 aromatic heterocycles. The van der Waals surface area contributed by atoms with Crippen molar-refractivity contribution in [3.05, 3.63) is 12.3 Å². The molecule has 2 unspecified atom stereocenters. The zero-order chi connectivity index (χ0) is 25.3. The summed E-state index contributed by atoms with van der Waals surface area (Å²) in [6.45, 7) is 13.9. The summed E-state index contributed by atoms with van der Waals surface area (Å²) in [5.74, 6) is 2.20. The first-order valence-corrected chi connectivity index (χ1v) is 14.7. The SMILES string of the molecule is CCN1CCC(C(=O)NCCC2C(Nc3nccc(N4CCCCCC4)n3)CCCN2C(C)C)CC1. The summed E-state index contributed by atoms with van der Waals surface area (Å²) in [4.78, 5) is 29.8. The molecule has 1 aromatic rings. The molecule has 2 N–H and O–H groups in total. The number of aromatic nitrogens is 2. The van der Waals surface area contributed by atoms with Crippen LogP contribution in [0.1, 0.15) is 78.6 Å². The first-order valence-electron chi connectivity index (χ1n) is 14.7. The van der Waals surface area contributed by atoms with Crippen LogP contribution in [0.4, 0.5) is 11.8 Å². The van der Waals surface area contributed by atoms with Crippen LogP contribution in [-0.2, 0) is 4.79 Å². The lowest BCUT2D eigenvalue weighted by Gasteiger charge is -2.44. The van der Waals surface area contributed by atoms with Gasteiger partial charge in [0.25, 0.3) is 0 Å². The number of likely N-dealkylation sites (tertiary alicyclic amines) is 2. The Bertz CT molecular complexity index is 803. The van der Waals surface area contributed by atoms with E-state index in [0.717, 1.165) is 83.3 Å². The molecule has 202 valence electrons. The summed E-state index contributed by atoms with van der Waals surface area (Å²) in [5.41, 5.74) is 0. The van der Waals surface area contributed by atoms with Crippen LogP contribution in [0.2, 0.25) is 0 Å². The van der Waals surface area contributed by atoms with Gasteiger partial charge in [-0.2, -0.15) is 4.98 Å². The van der Waals surface area contributed by atoms with E-state index in [-0.39, 0.29) is 17.9 Å². The van der Waals surface area contributed by atoms with Crippen molar-refractivity contribution in [1.29, 1.82) is 0 Å². The number of piperidine rings is 2. The fourth-order valence-electron chi connectivity index (χ4n) is 6.32. The molecule has 2 atom stereocenters. The predicted molar refractivity (Wildman–Crippen MR) is 147 cm³/mol. The number of amides is 1. The molecule has 0 aromatic carbocycles. The lowest BCUT2D eigenvalue weighted by molar-refractivity contribution is -0.126. The van der Waals surface area contributed by atoms with Crippen LogP contribution in [0.15, 0.2) is 12.3 Å². The zero-order valence-electron chi connectivity index (χ0n) is 22.9. The summed E-state index contributed by atoms with van der Waals surface area (Å²) < 4.78 is 0. The fraction of sp³-hybridized carbons (Fsp3) is 0.821. The van der Waals surface area contributed by atoms with E-state index in [1.165, 1.54) is 32.1 Å². The normalized spacial score (nSPS) is 25.1. The number of nitrogens with zero attached hydrogens (tertiary/aromatic N) is 5. The van der Waals surface area contributed by atoms with Crippen molar-refractivity contribution in [2.45, 2.75) is 96.7 Å². The van der Waals surface area contributed by atoms with Crippen LogP contribution in [0, 0.1) is 5.92 Å². The Morgan fingerprint density at radius 3 is 2.47 bits per heavy atom. The molecule has 3 aliphatic heterocycles. The Morgan fingerprint density at radius 2 is 1.78 bits per heavy atom. The topological polar surface area (TPSA) is 76.6 Å². The molecule has 0 saturated carbocycles. The standard InChI is InChI=1S/C28H49N7O/c1-4-33-20-13-23(14-21-33)27(36)29-15-11-25-24(10-9-19-35(25)22(2)3)31-28-30-16-12-26(32-28)34-17-7-5-6-8-18-34/h12,16,22-25H,4-11,13-15,17-21H2,1-3H3,(H,29,36)(H,30,31,32). The quantitative estimate of drug-likeness (QED) is 0.536. The molecule has 36 heavy (non-hydrogen) atoms. The zero-order valence-corrected chi connectivity index (χ0v) is 22.9. The second-order valence-corrected chi connectivity index (χ2v) is 11.2. The average Bonchev–Trinajstić information content (AvgIpc) is 3.19. The number of nitrogens with one attached hydrogen (secondary N) is 2. The van der Waals surface area contributed by atoms with E-state index in [9.17, 15) is 4.79 Å². The number of carbonyl (C=O) groups excluding carboxylic acids is 1. The highest BCUT2D eigenvalue weighted by atomic mass is 16.1. The van der Waals surface area contributed by atoms with Crippen molar-refractivity contribution in [2.24, 2.45) is 5.92 Å². The van der Waals surface area contributed by atoms with Gasteiger partial charge in [0.05, 0.1) is 0 Å². The molecule has 0 bridgehead atoms. The highest BCUT2D eigenvalue weighted by molar-refractivity contribution is 5.78. The summed E-state index contributed by atoms with van der Waals surface area (Å²) in [7, 11) is 0. The van der Waals surface area contributed by atoms with Gasteiger partial charge in [-0.3, -0.25) is 9.69 Å². The van der Waals surface area contributed by atoms with Gasteiger partial charge in [0.2, 0.25) is 11.9 Å². The first-order chi connectivity index (χ1) is 17.5. The Hall–Kier alpha value is -1.93. The summed E-state index contributed by atoms with van der Waals surface area (Å²) in [6, 6.07) is 3.16. The minimum absolute atomic E-state index is 0.171. The van der Waals surface area contributed by atoms with Gasteiger partial charge in [-0.1, -0.05) is 19.8 Å². The highest BCUT2D eigenvalue weighted by Crippen LogP contribution is 2.26. The molecular weight excluding hydrogens is 450 g/mol. The highest BCUT2D eigenvalue weighted by Gasteiger charge is 2.33. The summed E-state index contributed by atoms with van der Waals surface area (Å²) >= 11 is 0. The summed E-state index contributed by atoms with van der Waals surface area (Å²) in [6.07, 6.45) is 12.2. The molecule has 3 aliphatic rings. The largest absolute Gasteiger partial charge is 0.356 e. The molecule has 0 aliphatic carbocycles. The van der Waals surface area contributed by atoms with Crippen molar-refractivity contribution in [3.63, 3.8) is 0 Å². The minimum atomic E-state index is 0.171. The average molecular weight is 500 g/mol. The van der Waals surface area contributed by atoms with Crippen molar-refractivity contribution in [2.75, 3.05) is 56.0 Å². The number of anilines is 2. The van der Waals surface area contributed by atoms with Crippen LogP contribution < -0.4 is 15.5 Å². The number of carbonyl (C=O) groups is 1. The number of rotatable bonds is 9. The lowest BCUT2D eigenvalue weighted by Crippen LogP contribution is -2.55. The van der Waals surface area contributed by atoms with Gasteiger partial charge in [-0.05, 0) is 91.0 Å².